The number of aromatic hydroxyl groups is 1. The van der Waals surface area contributed by atoms with Gasteiger partial charge in [-0.05, 0) is 41.8 Å². The van der Waals surface area contributed by atoms with Crippen molar-refractivity contribution in [2.24, 2.45) is 10.2 Å². The highest BCUT2D eigenvalue weighted by atomic mass is 32.2. The van der Waals surface area contributed by atoms with Crippen molar-refractivity contribution in [2.45, 2.75) is 9.79 Å². The van der Waals surface area contributed by atoms with Crippen LogP contribution in [0.15, 0.2) is 62.5 Å². The molecule has 0 aromatic heterocycles. The normalized spacial score (nSPS) is 12.4. The minimum atomic E-state index is -4.85. The molecule has 0 amide bonds. The third kappa shape index (κ3) is 4.59. The maximum Gasteiger partial charge on any atom is 0.296 e. The molecule has 0 heterocycles. The quantitative estimate of drug-likeness (QED) is 0.366. The van der Waals surface area contributed by atoms with Crippen molar-refractivity contribution in [1.82, 2.24) is 5.32 Å². The molecule has 0 unspecified atom stereocenters. The fourth-order valence-electron chi connectivity index (χ4n) is 2.79. The highest BCUT2D eigenvalue weighted by Gasteiger charge is 2.23. The maximum atomic E-state index is 11.9. The standard InChI is InChI=1S/C18H16N3O8S2/c1-19-11-3-5-13-10(7-11)8-16(31(26,27)28)17(18(13)22)21-20-14-6-4-12(29-2)9-15(14)30(23,24)25/h3-9,22H,1-2H3,(H,23,24,25)(H,26,27,28). The molecule has 0 saturated heterocycles. The van der Waals surface area contributed by atoms with Crippen LogP contribution < -0.4 is 10.1 Å². The van der Waals surface area contributed by atoms with Crippen molar-refractivity contribution < 1.29 is 35.8 Å². The van der Waals surface area contributed by atoms with Gasteiger partial charge in [0.05, 0.1) is 12.8 Å². The van der Waals surface area contributed by atoms with E-state index in [1.807, 2.05) is 0 Å². The average molecular weight is 466 g/mol. The van der Waals surface area contributed by atoms with E-state index in [-0.39, 0.29) is 22.2 Å². The second kappa shape index (κ2) is 8.11. The zero-order valence-electron chi connectivity index (χ0n) is 16.1. The molecule has 3 N–H and O–H groups in total. The van der Waals surface area contributed by atoms with Crippen molar-refractivity contribution in [2.75, 3.05) is 14.2 Å². The van der Waals surface area contributed by atoms with Crippen LogP contribution in [0.1, 0.15) is 0 Å². The van der Waals surface area contributed by atoms with E-state index in [0.29, 0.717) is 5.69 Å². The molecule has 163 valence electrons. The highest BCUT2D eigenvalue weighted by molar-refractivity contribution is 7.86. The molecule has 13 heteroatoms. The van der Waals surface area contributed by atoms with E-state index >= 15 is 0 Å². The van der Waals surface area contributed by atoms with E-state index < -0.39 is 41.5 Å². The molecule has 0 aliphatic carbocycles. The molecule has 0 saturated carbocycles. The SMILES string of the molecule is C[N]c1ccc2c(O)c(N=Nc3ccc(OC)cc3S(=O)(=O)O)c(S(=O)(=O)O)cc2c1. The predicted octanol–water partition coefficient (Wildman–Crippen LogP) is 3.33. The Hall–Kier alpha value is -3.26. The molecule has 11 nitrogen and oxygen atoms in total. The largest absolute Gasteiger partial charge is 0.505 e. The first kappa shape index (κ1) is 22.4. The number of rotatable bonds is 6. The lowest BCUT2D eigenvalue weighted by Gasteiger charge is -2.10. The second-order valence-electron chi connectivity index (χ2n) is 6.18. The highest BCUT2D eigenvalue weighted by Crippen LogP contribution is 2.42. The van der Waals surface area contributed by atoms with Crippen LogP contribution >= 0.6 is 0 Å². The molecular formula is C18H16N3O8S2. The van der Waals surface area contributed by atoms with E-state index in [4.69, 9.17) is 4.74 Å². The third-order valence-electron chi connectivity index (χ3n) is 4.27. The van der Waals surface area contributed by atoms with Crippen molar-refractivity contribution in [1.29, 1.82) is 0 Å². The van der Waals surface area contributed by atoms with Crippen LogP contribution in [0, 0.1) is 0 Å². The smallest absolute Gasteiger partial charge is 0.296 e. The summed E-state index contributed by atoms with van der Waals surface area (Å²) >= 11 is 0. The first-order chi connectivity index (χ1) is 14.5. The molecule has 0 aliphatic heterocycles. The summed E-state index contributed by atoms with van der Waals surface area (Å²) in [7, 11) is -6.78. The topological polar surface area (TPSA) is 177 Å². The molecule has 0 atom stereocenters. The number of fused-ring (bicyclic) bond motifs is 1. The Morgan fingerprint density at radius 1 is 0.871 bits per heavy atom. The van der Waals surface area contributed by atoms with Gasteiger partial charge in [0.2, 0.25) is 0 Å². The average Bonchev–Trinajstić information content (AvgIpc) is 2.71. The van der Waals surface area contributed by atoms with Crippen molar-refractivity contribution in [3.05, 3.63) is 42.5 Å². The number of phenolic OH excluding ortho intramolecular Hbond substituents is 1. The molecule has 31 heavy (non-hydrogen) atoms. The van der Waals surface area contributed by atoms with Gasteiger partial charge in [-0.3, -0.25) is 14.4 Å². The Morgan fingerprint density at radius 2 is 1.55 bits per heavy atom. The van der Waals surface area contributed by atoms with Gasteiger partial charge in [0, 0.05) is 18.5 Å². The number of hydrogen-bond acceptors (Lipinski definition) is 8. The minimum Gasteiger partial charge on any atom is -0.505 e. The van der Waals surface area contributed by atoms with Crippen LogP contribution in [0.2, 0.25) is 0 Å². The van der Waals surface area contributed by atoms with E-state index in [1.54, 1.807) is 6.07 Å². The first-order valence-electron chi connectivity index (χ1n) is 8.40. The van der Waals surface area contributed by atoms with E-state index in [2.05, 4.69) is 15.5 Å². The summed E-state index contributed by atoms with van der Waals surface area (Å²) in [6.07, 6.45) is 0. The van der Waals surface area contributed by atoms with Gasteiger partial charge < -0.3 is 9.84 Å². The van der Waals surface area contributed by atoms with Crippen LogP contribution in [0.25, 0.3) is 10.8 Å². The van der Waals surface area contributed by atoms with Crippen molar-refractivity contribution >= 4 is 48.1 Å². The van der Waals surface area contributed by atoms with E-state index in [0.717, 1.165) is 18.2 Å². The van der Waals surface area contributed by atoms with Gasteiger partial charge in [-0.2, -0.15) is 16.8 Å². The van der Waals surface area contributed by atoms with Crippen LogP contribution in [-0.2, 0) is 20.2 Å². The van der Waals surface area contributed by atoms with Crippen molar-refractivity contribution in [3.63, 3.8) is 0 Å². The predicted molar refractivity (Wildman–Crippen MR) is 110 cm³/mol. The Morgan fingerprint density at radius 3 is 2.13 bits per heavy atom. The summed E-state index contributed by atoms with van der Waals surface area (Å²) in [6, 6.07) is 9.08. The minimum absolute atomic E-state index is 0.107. The summed E-state index contributed by atoms with van der Waals surface area (Å²) < 4.78 is 71.1. The van der Waals surface area contributed by atoms with Gasteiger partial charge in [-0.1, -0.05) is 0 Å². The number of methoxy groups -OCH3 is 1. The number of nitrogens with zero attached hydrogens (tertiary/aromatic N) is 3. The fraction of sp³-hybridized carbons (Fsp3) is 0.111. The van der Waals surface area contributed by atoms with Crippen LogP contribution in [0.5, 0.6) is 11.5 Å². The number of benzene rings is 3. The summed E-state index contributed by atoms with van der Waals surface area (Å²) in [6.45, 7) is 0. The summed E-state index contributed by atoms with van der Waals surface area (Å²) in [5.41, 5.74) is -0.476. The van der Waals surface area contributed by atoms with Crippen molar-refractivity contribution in [3.8, 4) is 11.5 Å². The lowest BCUT2D eigenvalue weighted by atomic mass is 10.1. The molecule has 0 fully saturated rings. The summed E-state index contributed by atoms with van der Waals surface area (Å²) in [5.74, 6) is -0.505. The Bertz CT molecular complexity index is 1420. The Balaban J connectivity index is 2.26. The third-order valence-corrected chi connectivity index (χ3v) is 6.02. The van der Waals surface area contributed by atoms with Gasteiger partial charge in [0.25, 0.3) is 20.2 Å². The number of azo groups is 1. The van der Waals surface area contributed by atoms with E-state index in [1.165, 1.54) is 32.4 Å². The lowest BCUT2D eigenvalue weighted by Crippen LogP contribution is -2.00. The molecule has 0 spiro atoms. The fourth-order valence-corrected chi connectivity index (χ4v) is 4.08. The molecular weight excluding hydrogens is 450 g/mol. The number of ether oxygens (including phenoxy) is 1. The molecule has 3 aromatic carbocycles. The summed E-state index contributed by atoms with van der Waals surface area (Å²) in [5, 5.41) is 22.3. The Kier molecular flexibility index (Phi) is 5.87. The van der Waals surface area contributed by atoms with Gasteiger partial charge >= 0.3 is 0 Å². The maximum absolute atomic E-state index is 11.9. The first-order valence-corrected chi connectivity index (χ1v) is 11.3. The van der Waals surface area contributed by atoms with Gasteiger partial charge in [-0.15, -0.1) is 10.2 Å². The van der Waals surface area contributed by atoms with Gasteiger partial charge in [0.1, 0.15) is 26.9 Å². The van der Waals surface area contributed by atoms with Crippen LogP contribution in [-0.4, -0.2) is 45.2 Å². The molecule has 3 rings (SSSR count). The summed E-state index contributed by atoms with van der Waals surface area (Å²) in [4.78, 5) is -1.41. The number of hydrogen-bond donors (Lipinski definition) is 3. The molecule has 3 aromatic rings. The molecule has 0 aliphatic rings. The Labute approximate surface area is 177 Å². The monoisotopic (exact) mass is 466 g/mol. The number of phenols is 1. The lowest BCUT2D eigenvalue weighted by molar-refractivity contribution is 0.412. The second-order valence-corrected chi connectivity index (χ2v) is 8.96. The zero-order chi connectivity index (χ0) is 23.0. The molecule has 0 bridgehead atoms. The molecule has 1 radical (unpaired) electrons. The van der Waals surface area contributed by atoms with Gasteiger partial charge in [-0.25, -0.2) is 0 Å². The van der Waals surface area contributed by atoms with Gasteiger partial charge in [0.15, 0.2) is 5.75 Å². The van der Waals surface area contributed by atoms with E-state index in [9.17, 15) is 31.0 Å². The van der Waals surface area contributed by atoms with Crippen LogP contribution in [0.3, 0.4) is 0 Å². The van der Waals surface area contributed by atoms with Crippen LogP contribution in [0.4, 0.5) is 17.1 Å². The zero-order valence-corrected chi connectivity index (χ0v) is 17.7.